The van der Waals surface area contributed by atoms with Gasteiger partial charge in [-0.05, 0) is 62.2 Å². The maximum Gasteiger partial charge on any atom is 0.290 e. The Morgan fingerprint density at radius 1 is 1.10 bits per heavy atom. The number of amides is 1. The first-order valence-corrected chi connectivity index (χ1v) is 9.98. The Morgan fingerprint density at radius 3 is 2.60 bits per heavy atom. The highest BCUT2D eigenvalue weighted by atomic mass is 35.5. The molecule has 0 aliphatic rings. The largest absolute Gasteiger partial charge is 0.467 e. The van der Waals surface area contributed by atoms with Crippen LogP contribution in [-0.4, -0.2) is 10.8 Å². The molecule has 4 aromatic rings. The number of benzene rings is 2. The van der Waals surface area contributed by atoms with Gasteiger partial charge in [-0.1, -0.05) is 23.7 Å². The molecule has 4 rings (SSSR count). The molecular weight excluding hydrogens is 405 g/mol. The van der Waals surface area contributed by atoms with Crippen LogP contribution in [0.4, 0.5) is 4.39 Å². The fourth-order valence-corrected chi connectivity index (χ4v) is 4.02. The van der Waals surface area contributed by atoms with Crippen molar-refractivity contribution in [3.05, 3.63) is 93.3 Å². The summed E-state index contributed by atoms with van der Waals surface area (Å²) >= 11 is 6.22. The third-order valence-electron chi connectivity index (χ3n) is 5.19. The predicted octanol–water partition coefficient (Wildman–Crippen LogP) is 6.59. The number of aryl methyl sites for hydroxylation is 3. The highest BCUT2D eigenvalue weighted by Crippen LogP contribution is 2.31. The number of halogens is 2. The van der Waals surface area contributed by atoms with Gasteiger partial charge in [0.25, 0.3) is 5.91 Å². The van der Waals surface area contributed by atoms with Crippen molar-refractivity contribution in [1.82, 2.24) is 4.90 Å². The summed E-state index contributed by atoms with van der Waals surface area (Å²) in [6.45, 7) is 5.98. The van der Waals surface area contributed by atoms with Crippen molar-refractivity contribution < 1.29 is 18.0 Å². The lowest BCUT2D eigenvalue weighted by molar-refractivity contribution is 0.0685. The molecule has 0 unspecified atom stereocenters. The van der Waals surface area contributed by atoms with Gasteiger partial charge in [0.15, 0.2) is 5.76 Å². The van der Waals surface area contributed by atoms with Gasteiger partial charge < -0.3 is 13.7 Å². The van der Waals surface area contributed by atoms with Gasteiger partial charge in [0.2, 0.25) is 0 Å². The number of hydrogen-bond donors (Lipinski definition) is 0. The van der Waals surface area contributed by atoms with Crippen LogP contribution < -0.4 is 0 Å². The molecule has 0 saturated carbocycles. The van der Waals surface area contributed by atoms with E-state index in [1.165, 1.54) is 23.3 Å². The highest BCUT2D eigenvalue weighted by Gasteiger charge is 2.26. The van der Waals surface area contributed by atoms with E-state index in [1.807, 2.05) is 26.8 Å². The molecule has 0 fully saturated rings. The van der Waals surface area contributed by atoms with Gasteiger partial charge >= 0.3 is 0 Å². The number of carbonyl (C=O) groups is 1. The lowest BCUT2D eigenvalue weighted by atomic mass is 10.0. The molecule has 0 N–H and O–H groups in total. The van der Waals surface area contributed by atoms with Crippen LogP contribution in [0.5, 0.6) is 0 Å². The molecular formula is C24H21ClFNO3. The monoisotopic (exact) mass is 425 g/mol. The van der Waals surface area contributed by atoms with Crippen molar-refractivity contribution in [2.45, 2.75) is 33.9 Å². The van der Waals surface area contributed by atoms with E-state index in [1.54, 1.807) is 18.2 Å². The van der Waals surface area contributed by atoms with Gasteiger partial charge in [-0.15, -0.1) is 0 Å². The molecule has 0 aliphatic carbocycles. The summed E-state index contributed by atoms with van der Waals surface area (Å²) in [4.78, 5) is 15.0. The van der Waals surface area contributed by atoms with Crippen molar-refractivity contribution in [3.63, 3.8) is 0 Å². The van der Waals surface area contributed by atoms with Crippen LogP contribution in [0.1, 0.15) is 38.6 Å². The van der Waals surface area contributed by atoms with Gasteiger partial charge in [-0.25, -0.2) is 4.39 Å². The zero-order chi connectivity index (χ0) is 21.4. The predicted molar refractivity (Wildman–Crippen MR) is 114 cm³/mol. The molecule has 0 spiro atoms. The molecule has 154 valence electrons. The van der Waals surface area contributed by atoms with Crippen LogP contribution in [-0.2, 0) is 13.1 Å². The number of furan rings is 2. The number of carbonyl (C=O) groups excluding carboxylic acids is 1. The topological polar surface area (TPSA) is 46.6 Å². The SMILES string of the molecule is Cc1cc(C)c2c(C)c(C(=O)N(Cc3ccco3)Cc3c(F)cccc3Cl)oc2c1. The Balaban J connectivity index is 1.77. The number of hydrogen-bond acceptors (Lipinski definition) is 3. The summed E-state index contributed by atoms with van der Waals surface area (Å²) in [6, 6.07) is 11.9. The Bertz CT molecular complexity index is 1210. The van der Waals surface area contributed by atoms with Gasteiger partial charge in [0.1, 0.15) is 17.2 Å². The van der Waals surface area contributed by atoms with Gasteiger partial charge in [-0.2, -0.15) is 0 Å². The summed E-state index contributed by atoms with van der Waals surface area (Å²) in [5.41, 5.74) is 3.77. The van der Waals surface area contributed by atoms with E-state index in [0.29, 0.717) is 11.3 Å². The standard InChI is InChI=1S/C24H21ClFNO3/c1-14-10-15(2)22-16(3)23(30-21(22)11-14)24(28)27(12-17-6-5-9-29-17)13-18-19(25)7-4-8-20(18)26/h4-11H,12-13H2,1-3H3. The van der Waals surface area contributed by atoms with E-state index in [2.05, 4.69) is 6.07 Å². The van der Waals surface area contributed by atoms with E-state index in [4.69, 9.17) is 20.4 Å². The third-order valence-corrected chi connectivity index (χ3v) is 5.54. The van der Waals surface area contributed by atoms with Crippen LogP contribution in [0.25, 0.3) is 11.0 Å². The van der Waals surface area contributed by atoms with Crippen LogP contribution in [0.3, 0.4) is 0 Å². The first-order valence-electron chi connectivity index (χ1n) is 9.60. The van der Waals surface area contributed by atoms with E-state index >= 15 is 0 Å². The molecule has 6 heteroatoms. The van der Waals surface area contributed by atoms with Crippen LogP contribution in [0.15, 0.2) is 57.6 Å². The summed E-state index contributed by atoms with van der Waals surface area (Å²) in [5, 5.41) is 1.19. The molecule has 30 heavy (non-hydrogen) atoms. The van der Waals surface area contributed by atoms with Crippen molar-refractivity contribution in [2.24, 2.45) is 0 Å². The molecule has 0 saturated heterocycles. The van der Waals surface area contributed by atoms with E-state index in [9.17, 15) is 9.18 Å². The third kappa shape index (κ3) is 3.73. The lowest BCUT2D eigenvalue weighted by Gasteiger charge is -2.22. The summed E-state index contributed by atoms with van der Waals surface area (Å²) in [6.07, 6.45) is 1.53. The van der Waals surface area contributed by atoms with Crippen LogP contribution in [0.2, 0.25) is 5.02 Å². The molecule has 0 radical (unpaired) electrons. The minimum Gasteiger partial charge on any atom is -0.467 e. The maximum atomic E-state index is 14.4. The Kier molecular flexibility index (Phi) is 5.39. The molecule has 4 nitrogen and oxygen atoms in total. The van der Waals surface area contributed by atoms with Crippen LogP contribution in [0, 0.1) is 26.6 Å². The average molecular weight is 426 g/mol. The minimum atomic E-state index is -0.465. The smallest absolute Gasteiger partial charge is 0.290 e. The van der Waals surface area contributed by atoms with E-state index in [0.717, 1.165) is 22.1 Å². The van der Waals surface area contributed by atoms with Crippen molar-refractivity contribution in [3.8, 4) is 0 Å². The number of fused-ring (bicyclic) bond motifs is 1. The first kappa shape index (κ1) is 20.2. The Morgan fingerprint density at radius 2 is 1.90 bits per heavy atom. The van der Waals surface area contributed by atoms with Crippen LogP contribution >= 0.6 is 11.6 Å². The average Bonchev–Trinajstić information content (AvgIpc) is 3.31. The second-order valence-corrected chi connectivity index (χ2v) is 7.86. The van der Waals surface area contributed by atoms with Crippen molar-refractivity contribution >= 4 is 28.5 Å². The zero-order valence-electron chi connectivity index (χ0n) is 17.0. The summed E-state index contributed by atoms with van der Waals surface area (Å²) in [7, 11) is 0. The maximum absolute atomic E-state index is 14.4. The second-order valence-electron chi connectivity index (χ2n) is 7.45. The quantitative estimate of drug-likeness (QED) is 0.362. The lowest BCUT2D eigenvalue weighted by Crippen LogP contribution is -2.30. The van der Waals surface area contributed by atoms with Crippen molar-refractivity contribution in [2.75, 3.05) is 0 Å². The molecule has 2 aromatic carbocycles. The van der Waals surface area contributed by atoms with Gasteiger partial charge in [0, 0.05) is 21.5 Å². The summed E-state index contributed by atoms with van der Waals surface area (Å²) < 4.78 is 25.8. The fraction of sp³-hybridized carbons (Fsp3) is 0.208. The van der Waals surface area contributed by atoms with E-state index < -0.39 is 5.82 Å². The van der Waals surface area contributed by atoms with E-state index in [-0.39, 0.29) is 35.3 Å². The van der Waals surface area contributed by atoms with Gasteiger partial charge in [-0.3, -0.25) is 4.79 Å². The van der Waals surface area contributed by atoms with Gasteiger partial charge in [0.05, 0.1) is 19.4 Å². The molecule has 2 heterocycles. The molecule has 0 aliphatic heterocycles. The Hall–Kier alpha value is -3.05. The number of nitrogens with zero attached hydrogens (tertiary/aromatic N) is 1. The highest BCUT2D eigenvalue weighted by molar-refractivity contribution is 6.31. The normalized spacial score (nSPS) is 11.2. The fourth-order valence-electron chi connectivity index (χ4n) is 3.80. The minimum absolute atomic E-state index is 0.0144. The molecule has 0 atom stereocenters. The zero-order valence-corrected chi connectivity index (χ0v) is 17.7. The second kappa shape index (κ2) is 8.00. The first-order chi connectivity index (χ1) is 14.3. The Labute approximate surface area is 178 Å². The molecule has 0 bridgehead atoms. The molecule has 2 aromatic heterocycles. The van der Waals surface area contributed by atoms with Crippen molar-refractivity contribution in [1.29, 1.82) is 0 Å². The number of rotatable bonds is 5. The summed E-state index contributed by atoms with van der Waals surface area (Å²) in [5.74, 6) is -0.00154. The molecule has 1 amide bonds.